The van der Waals surface area contributed by atoms with Crippen LogP contribution in [-0.2, 0) is 23.8 Å². The molecule has 24 heavy (non-hydrogen) atoms. The lowest BCUT2D eigenvalue weighted by Gasteiger charge is -2.37. The third-order valence-electron chi connectivity index (χ3n) is 3.21. The van der Waals surface area contributed by atoms with Crippen molar-refractivity contribution in [3.05, 3.63) is 24.2 Å². The third-order valence-corrected chi connectivity index (χ3v) is 3.21. The van der Waals surface area contributed by atoms with Gasteiger partial charge in [-0.3, -0.25) is 0 Å². The number of carbonyl (C=O) groups is 2. The molecule has 1 fully saturated rings. The fourth-order valence-corrected chi connectivity index (χ4v) is 1.92. The van der Waals surface area contributed by atoms with E-state index in [1.165, 1.54) is 13.4 Å². The second kappa shape index (κ2) is 6.94. The minimum absolute atomic E-state index is 0.151. The van der Waals surface area contributed by atoms with E-state index < -0.39 is 23.5 Å². The summed E-state index contributed by atoms with van der Waals surface area (Å²) in [6.45, 7) is 5.19. The van der Waals surface area contributed by atoms with Crippen molar-refractivity contribution in [2.75, 3.05) is 7.11 Å². The molecule has 1 aliphatic rings. The number of hydrogen-bond acceptors (Lipinski definition) is 8. The molecule has 132 valence electrons. The zero-order chi connectivity index (χ0) is 17.8. The van der Waals surface area contributed by atoms with Crippen LogP contribution in [0.1, 0.15) is 45.8 Å². The molecule has 8 nitrogen and oxygen atoms in total. The van der Waals surface area contributed by atoms with E-state index in [0.717, 1.165) is 6.42 Å². The van der Waals surface area contributed by atoms with E-state index in [1.54, 1.807) is 32.9 Å². The number of methoxy groups -OCH3 is 1. The molecule has 0 spiro atoms. The summed E-state index contributed by atoms with van der Waals surface area (Å²) in [7, 11) is 1.22. The predicted molar refractivity (Wildman–Crippen MR) is 82.2 cm³/mol. The van der Waals surface area contributed by atoms with Gasteiger partial charge in [0, 0.05) is 12.8 Å². The Kier molecular flexibility index (Phi) is 5.16. The van der Waals surface area contributed by atoms with E-state index in [1.807, 2.05) is 0 Å². The van der Waals surface area contributed by atoms with E-state index in [2.05, 4.69) is 9.89 Å². The van der Waals surface area contributed by atoms with Crippen molar-refractivity contribution in [1.82, 2.24) is 0 Å². The molecule has 0 aromatic carbocycles. The van der Waals surface area contributed by atoms with E-state index in [0.29, 0.717) is 12.8 Å². The first-order valence-electron chi connectivity index (χ1n) is 7.55. The molecule has 1 aliphatic carbocycles. The fraction of sp³-hybridized carbons (Fsp3) is 0.562. The van der Waals surface area contributed by atoms with Crippen molar-refractivity contribution >= 4 is 17.8 Å². The molecule has 2 rings (SSSR count). The smallest absolute Gasteiger partial charge is 0.464 e. The maximum atomic E-state index is 11.8. The number of carbonyl (C=O) groups excluding carboxylic acids is 2. The number of rotatable bonds is 5. The molecule has 8 heteroatoms. The lowest BCUT2D eigenvalue weighted by molar-refractivity contribution is -0.257. The second-order valence-electron chi connectivity index (χ2n) is 6.33. The molecule has 0 atom stereocenters. The number of furan rings is 1. The number of oxime groups is 1. The van der Waals surface area contributed by atoms with Crippen molar-refractivity contribution in [1.29, 1.82) is 0 Å². The summed E-state index contributed by atoms with van der Waals surface area (Å²) >= 11 is 0. The van der Waals surface area contributed by atoms with E-state index in [4.69, 9.17) is 18.7 Å². The van der Waals surface area contributed by atoms with Crippen LogP contribution >= 0.6 is 0 Å². The predicted octanol–water partition coefficient (Wildman–Crippen LogP) is 3.01. The van der Waals surface area contributed by atoms with Crippen molar-refractivity contribution in [2.24, 2.45) is 5.16 Å². The molecule has 0 aliphatic heterocycles. The topological polar surface area (TPSA) is 96.6 Å². The Labute approximate surface area is 139 Å². The highest BCUT2D eigenvalue weighted by molar-refractivity contribution is 6.42. The van der Waals surface area contributed by atoms with Crippen LogP contribution in [0.3, 0.4) is 0 Å². The van der Waals surface area contributed by atoms with Crippen LogP contribution in [0.2, 0.25) is 0 Å². The highest BCUT2D eigenvalue weighted by atomic mass is 16.8. The molecule has 0 N–H and O–H groups in total. The van der Waals surface area contributed by atoms with Crippen LogP contribution in [0.5, 0.6) is 0 Å². The van der Waals surface area contributed by atoms with Crippen molar-refractivity contribution in [3.63, 3.8) is 0 Å². The summed E-state index contributed by atoms with van der Waals surface area (Å²) in [6, 6.07) is 3.14. The zero-order valence-electron chi connectivity index (χ0n) is 14.2. The molecule has 0 unspecified atom stereocenters. The Balaban J connectivity index is 2.10. The van der Waals surface area contributed by atoms with Gasteiger partial charge < -0.3 is 23.5 Å². The van der Waals surface area contributed by atoms with Gasteiger partial charge in [-0.15, -0.1) is 0 Å². The highest BCUT2D eigenvalue weighted by Crippen LogP contribution is 2.38. The van der Waals surface area contributed by atoms with Crippen molar-refractivity contribution < 1.29 is 33.1 Å². The number of esters is 1. The largest absolute Gasteiger partial charge is 0.512 e. The first-order valence-corrected chi connectivity index (χ1v) is 7.55. The Morgan fingerprint density at radius 1 is 1.29 bits per heavy atom. The van der Waals surface area contributed by atoms with Crippen LogP contribution in [0.15, 0.2) is 28.0 Å². The summed E-state index contributed by atoms with van der Waals surface area (Å²) in [5, 5.41) is 3.80. The van der Waals surface area contributed by atoms with E-state index in [-0.39, 0.29) is 11.5 Å². The first-order chi connectivity index (χ1) is 11.2. The van der Waals surface area contributed by atoms with Crippen LogP contribution in [0, 0.1) is 0 Å². The molecular weight excluding hydrogens is 318 g/mol. The van der Waals surface area contributed by atoms with Crippen molar-refractivity contribution in [2.45, 2.75) is 51.4 Å². The summed E-state index contributed by atoms with van der Waals surface area (Å²) < 4.78 is 20.2. The number of ether oxygens (including phenoxy) is 3. The Hall–Kier alpha value is -2.51. The van der Waals surface area contributed by atoms with Gasteiger partial charge in [0.2, 0.25) is 5.71 Å². The molecular formula is C16H21NO7. The molecule has 1 aromatic rings. The van der Waals surface area contributed by atoms with Crippen LogP contribution in [0.25, 0.3) is 0 Å². The average molecular weight is 339 g/mol. The highest BCUT2D eigenvalue weighted by Gasteiger charge is 2.46. The lowest BCUT2D eigenvalue weighted by atomic mass is 9.91. The molecule has 1 aromatic heterocycles. The maximum Gasteiger partial charge on any atom is 0.512 e. The summed E-state index contributed by atoms with van der Waals surface area (Å²) in [4.78, 5) is 29.0. The lowest BCUT2D eigenvalue weighted by Crippen LogP contribution is -2.45. The van der Waals surface area contributed by atoms with Gasteiger partial charge in [0.1, 0.15) is 5.60 Å². The van der Waals surface area contributed by atoms with Gasteiger partial charge in [-0.1, -0.05) is 5.16 Å². The molecule has 0 saturated heterocycles. The SMILES string of the molecule is COC(=O)/C(=N/OC1(OC(=O)OC(C)(C)C)CCC1)c1ccco1. The monoisotopic (exact) mass is 339 g/mol. The maximum absolute atomic E-state index is 11.8. The molecule has 0 radical (unpaired) electrons. The summed E-state index contributed by atoms with van der Waals surface area (Å²) in [6.07, 6.45) is 2.23. The van der Waals surface area contributed by atoms with Gasteiger partial charge in [-0.2, -0.15) is 0 Å². The van der Waals surface area contributed by atoms with Crippen LogP contribution in [-0.4, -0.2) is 36.3 Å². The van der Waals surface area contributed by atoms with Gasteiger partial charge in [0.05, 0.1) is 13.4 Å². The third kappa shape index (κ3) is 4.50. The Morgan fingerprint density at radius 3 is 2.46 bits per heavy atom. The summed E-state index contributed by atoms with van der Waals surface area (Å²) in [5.41, 5.74) is -0.835. The second-order valence-corrected chi connectivity index (χ2v) is 6.33. The van der Waals surface area contributed by atoms with E-state index in [9.17, 15) is 9.59 Å². The molecule has 0 bridgehead atoms. The first kappa shape index (κ1) is 17.8. The minimum Gasteiger partial charge on any atom is -0.464 e. The van der Waals surface area contributed by atoms with Gasteiger partial charge in [-0.25, -0.2) is 9.59 Å². The van der Waals surface area contributed by atoms with Gasteiger partial charge in [0.15, 0.2) is 5.76 Å². The molecule has 0 amide bonds. The number of nitrogens with zero attached hydrogens (tertiary/aromatic N) is 1. The Morgan fingerprint density at radius 2 is 2.00 bits per heavy atom. The zero-order valence-corrected chi connectivity index (χ0v) is 14.2. The molecule has 1 heterocycles. The van der Waals surface area contributed by atoms with Gasteiger partial charge in [0.25, 0.3) is 5.79 Å². The van der Waals surface area contributed by atoms with Crippen molar-refractivity contribution in [3.8, 4) is 0 Å². The minimum atomic E-state index is -1.24. The quantitative estimate of drug-likeness (QED) is 0.352. The van der Waals surface area contributed by atoms with E-state index >= 15 is 0 Å². The Bertz CT molecular complexity index is 609. The molecule has 1 saturated carbocycles. The van der Waals surface area contributed by atoms with Gasteiger partial charge >= 0.3 is 12.1 Å². The fourth-order valence-electron chi connectivity index (χ4n) is 1.92. The van der Waals surface area contributed by atoms with Crippen LogP contribution < -0.4 is 0 Å². The number of hydrogen-bond donors (Lipinski definition) is 0. The summed E-state index contributed by atoms with van der Waals surface area (Å²) in [5.74, 6) is -1.78. The van der Waals surface area contributed by atoms with Gasteiger partial charge in [-0.05, 0) is 39.3 Å². The average Bonchev–Trinajstić information content (AvgIpc) is 2.96. The standard InChI is InChI=1S/C16H21NO7/c1-15(2,3)22-14(19)23-16(8-6-9-16)24-17-12(13(18)20-4)11-7-5-10-21-11/h5,7,10H,6,8-9H2,1-4H3/b17-12+. The normalized spacial score (nSPS) is 16.8. The van der Waals surface area contributed by atoms with Crippen LogP contribution in [0.4, 0.5) is 4.79 Å².